The third kappa shape index (κ3) is 5.83. The molecule has 0 fully saturated rings. The summed E-state index contributed by atoms with van der Waals surface area (Å²) in [6.07, 6.45) is 0.0218. The first-order valence-corrected chi connectivity index (χ1v) is 10.9. The summed E-state index contributed by atoms with van der Waals surface area (Å²) in [5, 5.41) is 5.06. The number of carbonyl (C=O) groups is 2. The Kier molecular flexibility index (Phi) is 7.37. The van der Waals surface area contributed by atoms with Crippen LogP contribution in [0.2, 0.25) is 0 Å². The monoisotopic (exact) mass is 472 g/mol. The number of ether oxygens (including phenoxy) is 2. The molecule has 2 N–H and O–H groups in total. The average Bonchev–Trinajstić information content (AvgIpc) is 2.90. The first-order valence-electron chi connectivity index (χ1n) is 10.9. The van der Waals surface area contributed by atoms with E-state index in [9.17, 15) is 14.4 Å². The van der Waals surface area contributed by atoms with Crippen molar-refractivity contribution in [1.82, 2.24) is 20.6 Å². The van der Waals surface area contributed by atoms with Gasteiger partial charge in [0.25, 0.3) is 11.5 Å². The van der Waals surface area contributed by atoms with Gasteiger partial charge >= 0.3 is 0 Å². The van der Waals surface area contributed by atoms with Crippen molar-refractivity contribution in [3.8, 4) is 11.5 Å². The number of hydrogen-bond donors (Lipinski definition) is 2. The van der Waals surface area contributed by atoms with Crippen molar-refractivity contribution in [2.75, 3.05) is 13.7 Å². The number of rotatable bonds is 8. The molecular formula is C26H24N4O5. The Morgan fingerprint density at radius 1 is 0.857 bits per heavy atom. The molecular weight excluding hydrogens is 448 g/mol. The van der Waals surface area contributed by atoms with E-state index in [1.807, 2.05) is 30.3 Å². The summed E-state index contributed by atoms with van der Waals surface area (Å²) in [4.78, 5) is 38.0. The van der Waals surface area contributed by atoms with Gasteiger partial charge in [0.2, 0.25) is 5.91 Å². The van der Waals surface area contributed by atoms with Crippen LogP contribution in [0, 0.1) is 0 Å². The number of carbonyl (C=O) groups excluding carboxylic acids is 2. The zero-order chi connectivity index (χ0) is 24.6. The molecule has 2 amide bonds. The lowest BCUT2D eigenvalue weighted by molar-refractivity contribution is -0.122. The van der Waals surface area contributed by atoms with Crippen molar-refractivity contribution < 1.29 is 19.1 Å². The van der Waals surface area contributed by atoms with Crippen LogP contribution >= 0.6 is 0 Å². The second-order valence-electron chi connectivity index (χ2n) is 7.62. The molecule has 1 heterocycles. The maximum Gasteiger partial charge on any atom is 0.290 e. The van der Waals surface area contributed by atoms with Gasteiger partial charge in [-0.05, 0) is 35.9 Å². The fraction of sp³-hybridized carbons (Fsp3) is 0.154. The Morgan fingerprint density at radius 3 is 2.23 bits per heavy atom. The summed E-state index contributed by atoms with van der Waals surface area (Å²) >= 11 is 0. The molecule has 9 heteroatoms. The number of amides is 2. The summed E-state index contributed by atoms with van der Waals surface area (Å²) in [6.45, 7) is 0.330. The minimum absolute atomic E-state index is 0.0218. The van der Waals surface area contributed by atoms with Crippen LogP contribution in [-0.4, -0.2) is 35.3 Å². The molecule has 3 aromatic carbocycles. The molecule has 0 atom stereocenters. The normalized spacial score (nSPS) is 10.5. The predicted octanol–water partition coefficient (Wildman–Crippen LogP) is 2.68. The maximum atomic E-state index is 12.9. The van der Waals surface area contributed by atoms with E-state index in [1.54, 1.807) is 55.6 Å². The number of methoxy groups -OCH3 is 1. The maximum absolute atomic E-state index is 12.9. The van der Waals surface area contributed by atoms with Crippen molar-refractivity contribution in [1.29, 1.82) is 0 Å². The lowest BCUT2D eigenvalue weighted by Gasteiger charge is -2.12. The second kappa shape index (κ2) is 11.0. The highest BCUT2D eigenvalue weighted by atomic mass is 16.5. The Bertz CT molecular complexity index is 1380. The number of hydrogen-bond acceptors (Lipinski definition) is 6. The third-order valence-electron chi connectivity index (χ3n) is 5.23. The molecule has 0 spiro atoms. The number of aromatic nitrogens is 2. The zero-order valence-electron chi connectivity index (χ0n) is 19.1. The van der Waals surface area contributed by atoms with Gasteiger partial charge in [0.1, 0.15) is 11.5 Å². The summed E-state index contributed by atoms with van der Waals surface area (Å²) in [7, 11) is 1.57. The molecule has 0 bridgehead atoms. The van der Waals surface area contributed by atoms with Crippen LogP contribution in [0.25, 0.3) is 10.8 Å². The van der Waals surface area contributed by atoms with Gasteiger partial charge < -0.3 is 9.47 Å². The largest absolute Gasteiger partial charge is 0.497 e. The first kappa shape index (κ1) is 23.5. The molecule has 0 aliphatic carbocycles. The number of nitrogens with zero attached hydrogens (tertiary/aromatic N) is 2. The molecule has 0 saturated carbocycles. The highest BCUT2D eigenvalue weighted by molar-refractivity contribution is 6.05. The fourth-order valence-electron chi connectivity index (χ4n) is 3.45. The molecule has 0 aliphatic heterocycles. The summed E-state index contributed by atoms with van der Waals surface area (Å²) in [6, 6.07) is 23.1. The molecule has 0 aliphatic rings. The van der Waals surface area contributed by atoms with E-state index in [2.05, 4.69) is 16.0 Å². The van der Waals surface area contributed by atoms with Crippen LogP contribution in [0.3, 0.4) is 0 Å². The van der Waals surface area contributed by atoms with E-state index in [0.717, 1.165) is 5.56 Å². The van der Waals surface area contributed by atoms with Crippen molar-refractivity contribution in [3.63, 3.8) is 0 Å². The molecule has 1 aromatic heterocycles. The number of benzene rings is 3. The highest BCUT2D eigenvalue weighted by Crippen LogP contribution is 2.17. The molecule has 0 radical (unpaired) electrons. The lowest BCUT2D eigenvalue weighted by Crippen LogP contribution is -2.43. The van der Waals surface area contributed by atoms with E-state index < -0.39 is 11.8 Å². The number of fused-ring (bicyclic) bond motifs is 1. The van der Waals surface area contributed by atoms with Gasteiger partial charge in [-0.15, -0.1) is 0 Å². The molecule has 0 saturated heterocycles. The van der Waals surface area contributed by atoms with Gasteiger partial charge in [-0.1, -0.05) is 48.5 Å². The molecule has 9 nitrogen and oxygen atoms in total. The van der Waals surface area contributed by atoms with Crippen molar-refractivity contribution in [3.05, 3.63) is 100 Å². The fourth-order valence-corrected chi connectivity index (χ4v) is 3.45. The van der Waals surface area contributed by atoms with Crippen molar-refractivity contribution in [2.45, 2.75) is 13.0 Å². The van der Waals surface area contributed by atoms with E-state index in [0.29, 0.717) is 22.3 Å². The minimum atomic E-state index is -0.632. The van der Waals surface area contributed by atoms with E-state index in [-0.39, 0.29) is 30.8 Å². The Morgan fingerprint density at radius 2 is 1.51 bits per heavy atom. The molecule has 4 aromatic rings. The molecule has 0 unspecified atom stereocenters. The number of hydrazine groups is 1. The van der Waals surface area contributed by atoms with Gasteiger partial charge in [0, 0.05) is 5.39 Å². The van der Waals surface area contributed by atoms with Gasteiger partial charge in [-0.2, -0.15) is 5.10 Å². The predicted molar refractivity (Wildman–Crippen MR) is 130 cm³/mol. The van der Waals surface area contributed by atoms with Gasteiger partial charge in [0.15, 0.2) is 5.69 Å². The van der Waals surface area contributed by atoms with E-state index in [4.69, 9.17) is 9.47 Å². The van der Waals surface area contributed by atoms with Gasteiger partial charge in [-0.3, -0.25) is 25.2 Å². The van der Waals surface area contributed by atoms with Crippen LogP contribution in [0.15, 0.2) is 83.7 Å². The number of nitrogens with one attached hydrogen (secondary N) is 2. The SMILES string of the molecule is COc1ccc(OCCC(=O)NNC(=O)c2nn(Cc3ccccc3)c(=O)c3ccccc23)cc1. The topological polar surface area (TPSA) is 112 Å². The Labute approximate surface area is 201 Å². The zero-order valence-corrected chi connectivity index (χ0v) is 19.1. The van der Waals surface area contributed by atoms with E-state index >= 15 is 0 Å². The van der Waals surface area contributed by atoms with Gasteiger partial charge in [-0.25, -0.2) is 4.68 Å². The Hall–Kier alpha value is -4.66. The van der Waals surface area contributed by atoms with Crippen LogP contribution < -0.4 is 25.9 Å². The average molecular weight is 473 g/mol. The smallest absolute Gasteiger partial charge is 0.290 e. The molecule has 178 valence electrons. The van der Waals surface area contributed by atoms with Crippen molar-refractivity contribution in [2.24, 2.45) is 0 Å². The van der Waals surface area contributed by atoms with Crippen LogP contribution in [-0.2, 0) is 11.3 Å². The lowest BCUT2D eigenvalue weighted by atomic mass is 10.1. The summed E-state index contributed by atoms with van der Waals surface area (Å²) in [5.41, 5.74) is 5.34. The Balaban J connectivity index is 1.41. The van der Waals surface area contributed by atoms with Crippen LogP contribution in [0.1, 0.15) is 22.5 Å². The summed E-state index contributed by atoms with van der Waals surface area (Å²) < 4.78 is 11.9. The van der Waals surface area contributed by atoms with Crippen molar-refractivity contribution >= 4 is 22.6 Å². The minimum Gasteiger partial charge on any atom is -0.497 e. The molecule has 35 heavy (non-hydrogen) atoms. The highest BCUT2D eigenvalue weighted by Gasteiger charge is 2.17. The quantitative estimate of drug-likeness (QED) is 0.382. The first-order chi connectivity index (χ1) is 17.0. The molecule has 4 rings (SSSR count). The standard InChI is InChI=1S/C26H24N4O5/c1-34-19-11-13-20(14-12-19)35-16-15-23(31)27-28-25(32)24-21-9-5-6-10-22(21)26(33)30(29-24)17-18-7-3-2-4-8-18/h2-14H,15-17H2,1H3,(H,27,31)(H,28,32). The second-order valence-corrected chi connectivity index (χ2v) is 7.62. The van der Waals surface area contributed by atoms with E-state index in [1.165, 1.54) is 4.68 Å². The van der Waals surface area contributed by atoms with Crippen LogP contribution in [0.5, 0.6) is 11.5 Å². The third-order valence-corrected chi connectivity index (χ3v) is 5.23. The summed E-state index contributed by atoms with van der Waals surface area (Å²) in [5.74, 6) is 0.231. The van der Waals surface area contributed by atoms with Crippen LogP contribution in [0.4, 0.5) is 0 Å². The van der Waals surface area contributed by atoms with Gasteiger partial charge in [0.05, 0.1) is 32.1 Å².